The fraction of sp³-hybridized carbons (Fsp3) is 0.222. The van der Waals surface area contributed by atoms with E-state index in [9.17, 15) is 18.8 Å². The molecule has 0 radical (unpaired) electrons. The van der Waals surface area contributed by atoms with Gasteiger partial charge in [0.05, 0.1) is 5.69 Å². The molecule has 2 heterocycles. The topological polar surface area (TPSA) is 86.0 Å². The molecule has 1 amide bonds. The fourth-order valence-corrected chi connectivity index (χ4v) is 2.77. The zero-order chi connectivity index (χ0) is 19.0. The molecule has 0 bridgehead atoms. The first kappa shape index (κ1) is 17.5. The number of hydrogen-bond acceptors (Lipinski definition) is 4. The molecule has 0 fully saturated rings. The number of pyridine rings is 1. The second-order valence-electron chi connectivity index (χ2n) is 5.88. The van der Waals surface area contributed by atoms with E-state index in [4.69, 9.17) is 0 Å². The van der Waals surface area contributed by atoms with Crippen molar-refractivity contribution >= 4 is 22.6 Å². The van der Waals surface area contributed by atoms with Gasteiger partial charge in [-0.15, -0.1) is 0 Å². The van der Waals surface area contributed by atoms with Crippen LogP contribution in [0.15, 0.2) is 40.1 Å². The maximum Gasteiger partial charge on any atom is 0.332 e. The lowest BCUT2D eigenvalue weighted by Crippen LogP contribution is -2.38. The minimum atomic E-state index is -0.541. The summed E-state index contributed by atoms with van der Waals surface area (Å²) in [6.07, 6.45) is 2.05. The number of rotatable bonds is 3. The van der Waals surface area contributed by atoms with Crippen molar-refractivity contribution in [3.8, 4) is 0 Å². The molecule has 26 heavy (non-hydrogen) atoms. The number of fused-ring (bicyclic) bond motifs is 1. The number of aromatic nitrogens is 3. The number of nitrogens with zero attached hydrogens (tertiary/aromatic N) is 3. The highest BCUT2D eigenvalue weighted by Gasteiger charge is 2.18. The van der Waals surface area contributed by atoms with Gasteiger partial charge in [0.15, 0.2) is 5.65 Å². The van der Waals surface area contributed by atoms with Gasteiger partial charge in [0.2, 0.25) is 0 Å². The lowest BCUT2D eigenvalue weighted by molar-refractivity contribution is 0.102. The van der Waals surface area contributed by atoms with Gasteiger partial charge >= 0.3 is 5.69 Å². The summed E-state index contributed by atoms with van der Waals surface area (Å²) in [5.74, 6) is -0.933. The van der Waals surface area contributed by atoms with E-state index >= 15 is 0 Å². The molecule has 0 aliphatic carbocycles. The number of halogens is 1. The van der Waals surface area contributed by atoms with Crippen LogP contribution in [-0.2, 0) is 20.5 Å². The number of aryl methyl sites for hydroxylation is 2. The van der Waals surface area contributed by atoms with Crippen molar-refractivity contribution in [2.45, 2.75) is 13.3 Å². The highest BCUT2D eigenvalue weighted by Crippen LogP contribution is 2.23. The van der Waals surface area contributed by atoms with Crippen molar-refractivity contribution in [1.82, 2.24) is 14.1 Å². The Morgan fingerprint density at radius 2 is 1.81 bits per heavy atom. The number of anilines is 1. The Morgan fingerprint density at radius 3 is 2.42 bits per heavy atom. The first-order chi connectivity index (χ1) is 12.3. The molecule has 0 aliphatic heterocycles. The van der Waals surface area contributed by atoms with Gasteiger partial charge in [-0.3, -0.25) is 18.7 Å². The monoisotopic (exact) mass is 356 g/mol. The standard InChI is InChI=1S/C18H17FN4O3/c1-4-10-9-20-15-13(17(25)23(3)18(26)22(15)2)14(10)21-16(24)11-5-7-12(19)8-6-11/h5-9H,4H2,1-3H3,(H,20,21,24). The van der Waals surface area contributed by atoms with E-state index in [0.29, 0.717) is 17.7 Å². The van der Waals surface area contributed by atoms with Gasteiger partial charge in [-0.2, -0.15) is 0 Å². The average molecular weight is 356 g/mol. The van der Waals surface area contributed by atoms with Crippen molar-refractivity contribution in [3.05, 3.63) is 68.2 Å². The molecular formula is C18H17FN4O3. The number of carbonyl (C=O) groups excluding carboxylic acids is 1. The summed E-state index contributed by atoms with van der Waals surface area (Å²) >= 11 is 0. The van der Waals surface area contributed by atoms with Gasteiger partial charge in [-0.25, -0.2) is 14.2 Å². The molecule has 3 aromatic rings. The molecule has 0 saturated carbocycles. The molecule has 8 heteroatoms. The second kappa shape index (κ2) is 6.55. The van der Waals surface area contributed by atoms with Crippen LogP contribution in [0.5, 0.6) is 0 Å². The number of hydrogen-bond donors (Lipinski definition) is 1. The molecule has 1 aromatic carbocycles. The van der Waals surface area contributed by atoms with E-state index < -0.39 is 23.0 Å². The molecule has 1 N–H and O–H groups in total. The molecule has 7 nitrogen and oxygen atoms in total. The summed E-state index contributed by atoms with van der Waals surface area (Å²) in [6, 6.07) is 5.08. The van der Waals surface area contributed by atoms with Crippen molar-refractivity contribution in [2.24, 2.45) is 14.1 Å². The van der Waals surface area contributed by atoms with Gasteiger partial charge in [0.25, 0.3) is 11.5 Å². The molecular weight excluding hydrogens is 339 g/mol. The predicted molar refractivity (Wildman–Crippen MR) is 96.0 cm³/mol. The third-order valence-electron chi connectivity index (χ3n) is 4.27. The van der Waals surface area contributed by atoms with Crippen molar-refractivity contribution in [1.29, 1.82) is 0 Å². The highest BCUT2D eigenvalue weighted by atomic mass is 19.1. The number of nitrogens with one attached hydrogen (secondary N) is 1. The maximum atomic E-state index is 13.1. The Bertz CT molecular complexity index is 1130. The third kappa shape index (κ3) is 2.79. The molecule has 3 rings (SSSR count). The van der Waals surface area contributed by atoms with Crippen LogP contribution in [0.3, 0.4) is 0 Å². The van der Waals surface area contributed by atoms with E-state index in [1.807, 2.05) is 6.92 Å². The first-order valence-corrected chi connectivity index (χ1v) is 7.99. The Morgan fingerprint density at radius 1 is 1.15 bits per heavy atom. The summed E-state index contributed by atoms with van der Waals surface area (Å²) in [7, 11) is 2.88. The average Bonchev–Trinajstić information content (AvgIpc) is 2.64. The van der Waals surface area contributed by atoms with Gasteiger partial charge in [-0.05, 0) is 36.2 Å². The lowest BCUT2D eigenvalue weighted by Gasteiger charge is -2.15. The Kier molecular flexibility index (Phi) is 4.41. The van der Waals surface area contributed by atoms with E-state index in [0.717, 1.165) is 4.57 Å². The lowest BCUT2D eigenvalue weighted by atomic mass is 10.1. The van der Waals surface area contributed by atoms with Gasteiger partial charge in [-0.1, -0.05) is 6.92 Å². The summed E-state index contributed by atoms with van der Waals surface area (Å²) in [4.78, 5) is 41.5. The fourth-order valence-electron chi connectivity index (χ4n) is 2.77. The molecule has 0 unspecified atom stereocenters. The molecule has 0 atom stereocenters. The number of carbonyl (C=O) groups is 1. The van der Waals surface area contributed by atoms with E-state index in [1.165, 1.54) is 49.1 Å². The normalized spacial score (nSPS) is 10.9. The number of benzene rings is 1. The zero-order valence-electron chi connectivity index (χ0n) is 14.5. The van der Waals surface area contributed by atoms with Crippen LogP contribution in [0.2, 0.25) is 0 Å². The molecule has 2 aromatic heterocycles. The Labute approximate surface area is 147 Å². The minimum absolute atomic E-state index is 0.157. The molecule has 0 aliphatic rings. The Balaban J connectivity index is 2.24. The van der Waals surface area contributed by atoms with Crippen LogP contribution in [0, 0.1) is 5.82 Å². The maximum absolute atomic E-state index is 13.1. The second-order valence-corrected chi connectivity index (χ2v) is 5.88. The summed E-state index contributed by atoms with van der Waals surface area (Å²) < 4.78 is 15.3. The summed E-state index contributed by atoms with van der Waals surface area (Å²) in [6.45, 7) is 1.86. The molecule has 0 spiro atoms. The van der Waals surface area contributed by atoms with Gasteiger partial charge in [0, 0.05) is 25.9 Å². The summed E-state index contributed by atoms with van der Waals surface area (Å²) in [5, 5.41) is 2.88. The van der Waals surface area contributed by atoms with E-state index in [2.05, 4.69) is 10.3 Å². The molecule has 0 saturated heterocycles. The van der Waals surface area contributed by atoms with Gasteiger partial charge in [0.1, 0.15) is 11.2 Å². The van der Waals surface area contributed by atoms with E-state index in [1.54, 1.807) is 0 Å². The zero-order valence-corrected chi connectivity index (χ0v) is 14.5. The largest absolute Gasteiger partial charge is 0.332 e. The Hall–Kier alpha value is -3.29. The van der Waals surface area contributed by atoms with Gasteiger partial charge < -0.3 is 5.32 Å². The van der Waals surface area contributed by atoms with Crippen LogP contribution in [0.4, 0.5) is 10.1 Å². The van der Waals surface area contributed by atoms with Crippen molar-refractivity contribution < 1.29 is 9.18 Å². The first-order valence-electron chi connectivity index (χ1n) is 7.99. The van der Waals surface area contributed by atoms with E-state index in [-0.39, 0.29) is 16.6 Å². The minimum Gasteiger partial charge on any atom is -0.321 e. The van der Waals surface area contributed by atoms with Crippen LogP contribution in [0.1, 0.15) is 22.8 Å². The quantitative estimate of drug-likeness (QED) is 0.772. The van der Waals surface area contributed by atoms with Crippen LogP contribution in [0.25, 0.3) is 11.0 Å². The predicted octanol–water partition coefficient (Wildman–Crippen LogP) is 1.59. The van der Waals surface area contributed by atoms with Crippen LogP contribution in [-0.4, -0.2) is 20.0 Å². The van der Waals surface area contributed by atoms with Crippen LogP contribution < -0.4 is 16.6 Å². The number of amides is 1. The van der Waals surface area contributed by atoms with Crippen LogP contribution >= 0.6 is 0 Å². The highest BCUT2D eigenvalue weighted by molar-refractivity contribution is 6.08. The van der Waals surface area contributed by atoms with Crippen molar-refractivity contribution in [3.63, 3.8) is 0 Å². The van der Waals surface area contributed by atoms with Crippen molar-refractivity contribution in [2.75, 3.05) is 5.32 Å². The smallest absolute Gasteiger partial charge is 0.321 e. The molecule has 134 valence electrons. The third-order valence-corrected chi connectivity index (χ3v) is 4.27. The summed E-state index contributed by atoms with van der Waals surface area (Å²) in [5.41, 5.74) is 0.354. The SMILES string of the molecule is CCc1cnc2c(c1NC(=O)c1ccc(F)cc1)c(=O)n(C)c(=O)n2C.